The number of aromatic nitrogens is 5. The number of imidazole rings is 1. The van der Waals surface area contributed by atoms with Gasteiger partial charge < -0.3 is 15.1 Å². The molecule has 0 saturated heterocycles. The van der Waals surface area contributed by atoms with E-state index in [2.05, 4.69) is 24.9 Å². The number of fused-ring (bicyclic) bond motifs is 2. The van der Waals surface area contributed by atoms with Gasteiger partial charge in [0.15, 0.2) is 11.4 Å². The van der Waals surface area contributed by atoms with Gasteiger partial charge in [0.05, 0.1) is 12.5 Å². The number of benzene rings is 1. The van der Waals surface area contributed by atoms with E-state index in [4.69, 9.17) is 5.11 Å². The van der Waals surface area contributed by atoms with Gasteiger partial charge in [-0.2, -0.15) is 0 Å². The average Bonchev–Trinajstić information content (AvgIpc) is 2.97. The van der Waals surface area contributed by atoms with Crippen LogP contribution in [0.5, 0.6) is 5.75 Å². The minimum absolute atomic E-state index is 0.242. The number of hydrogen-bond donors (Lipinski definition) is 3. The third-order valence-electron chi connectivity index (χ3n) is 2.83. The molecule has 0 bridgehead atoms. The number of para-hydroxylation sites is 1. The summed E-state index contributed by atoms with van der Waals surface area (Å²) in [5.41, 5.74) is 1.87. The van der Waals surface area contributed by atoms with Crippen LogP contribution in [-0.4, -0.2) is 30.0 Å². The molecule has 3 N–H and O–H groups in total. The van der Waals surface area contributed by atoms with Crippen molar-refractivity contribution < 1.29 is 5.11 Å². The smallest absolute Gasteiger partial charge is 0.290 e. The first-order valence-electron chi connectivity index (χ1n) is 6.14. The molecule has 0 radical (unpaired) electrons. The zero-order chi connectivity index (χ0) is 14.7. The van der Waals surface area contributed by atoms with Crippen molar-refractivity contribution in [1.29, 1.82) is 0 Å². The lowest BCUT2D eigenvalue weighted by Gasteiger charge is -1.96. The lowest BCUT2D eigenvalue weighted by molar-refractivity contribution is 0.468. The van der Waals surface area contributed by atoms with Crippen molar-refractivity contribution in [2.75, 3.05) is 0 Å². The molecule has 3 aromatic heterocycles. The largest absolute Gasteiger partial charge is 0.503 e. The summed E-state index contributed by atoms with van der Waals surface area (Å²) >= 11 is 0. The van der Waals surface area contributed by atoms with Gasteiger partial charge in [0.1, 0.15) is 11.8 Å². The third-order valence-corrected chi connectivity index (χ3v) is 2.83. The fourth-order valence-electron chi connectivity index (χ4n) is 1.83. The second kappa shape index (κ2) is 5.41. The van der Waals surface area contributed by atoms with Gasteiger partial charge in [-0.05, 0) is 12.1 Å². The molecule has 0 spiro atoms. The molecule has 0 saturated carbocycles. The molecular weight excluding hydrogens is 270 g/mol. The Morgan fingerprint density at radius 3 is 2.81 bits per heavy atom. The van der Waals surface area contributed by atoms with Crippen LogP contribution in [0.2, 0.25) is 0 Å². The van der Waals surface area contributed by atoms with Gasteiger partial charge in [-0.15, -0.1) is 0 Å². The number of rotatable bonds is 0. The Bertz CT molecular complexity index is 914. The summed E-state index contributed by atoms with van der Waals surface area (Å²) in [6.07, 6.45) is 4.76. The minimum Gasteiger partial charge on any atom is -0.503 e. The van der Waals surface area contributed by atoms with E-state index in [1.807, 2.05) is 18.2 Å². The normalized spacial score (nSPS) is 10.3. The maximum atomic E-state index is 10.9. The summed E-state index contributed by atoms with van der Waals surface area (Å²) in [7, 11) is 0. The van der Waals surface area contributed by atoms with Crippen molar-refractivity contribution in [2.45, 2.75) is 0 Å². The van der Waals surface area contributed by atoms with Crippen LogP contribution in [0.25, 0.3) is 22.1 Å². The maximum absolute atomic E-state index is 10.9. The molecule has 0 fully saturated rings. The van der Waals surface area contributed by atoms with Gasteiger partial charge in [0.25, 0.3) is 5.56 Å². The summed E-state index contributed by atoms with van der Waals surface area (Å²) in [4.78, 5) is 28.0. The highest BCUT2D eigenvalue weighted by atomic mass is 16.3. The minimum atomic E-state index is -0.450. The molecule has 1 aromatic carbocycles. The van der Waals surface area contributed by atoms with E-state index in [0.29, 0.717) is 5.65 Å². The second-order valence-electron chi connectivity index (χ2n) is 4.23. The van der Waals surface area contributed by atoms with Crippen molar-refractivity contribution in [2.24, 2.45) is 0 Å². The van der Waals surface area contributed by atoms with E-state index >= 15 is 0 Å². The van der Waals surface area contributed by atoms with Gasteiger partial charge in [0.2, 0.25) is 0 Å². The van der Waals surface area contributed by atoms with Crippen LogP contribution in [0.3, 0.4) is 0 Å². The predicted molar refractivity (Wildman–Crippen MR) is 77.9 cm³/mol. The second-order valence-corrected chi connectivity index (χ2v) is 4.23. The molecule has 4 aromatic rings. The van der Waals surface area contributed by atoms with E-state index in [1.165, 1.54) is 12.4 Å². The van der Waals surface area contributed by atoms with Crippen LogP contribution in [0.15, 0.2) is 54.0 Å². The Kier molecular flexibility index (Phi) is 3.30. The standard InChI is InChI=1S/C9H7NO2.C5H4N4/c11-8-5-6-3-1-2-4-7(6)10-9(8)12;1-4-5(8-2-6-1)9-3-7-4/h1-5,11H,(H,10,12);1-3H,(H,6,7,8,9). The number of aromatic amines is 2. The summed E-state index contributed by atoms with van der Waals surface area (Å²) in [5.74, 6) is -0.242. The SMILES string of the molecule is O=c1[nH]c2ccccc2cc1O.c1ncc2[nH]cnc2n1. The molecule has 4 rings (SSSR count). The third kappa shape index (κ3) is 2.71. The van der Waals surface area contributed by atoms with Gasteiger partial charge in [-0.25, -0.2) is 15.0 Å². The molecule has 104 valence electrons. The van der Waals surface area contributed by atoms with Gasteiger partial charge >= 0.3 is 0 Å². The van der Waals surface area contributed by atoms with E-state index in [0.717, 1.165) is 16.4 Å². The molecule has 0 aliphatic carbocycles. The van der Waals surface area contributed by atoms with E-state index in [-0.39, 0.29) is 5.75 Å². The Labute approximate surface area is 118 Å². The number of nitrogens with zero attached hydrogens (tertiary/aromatic N) is 3. The van der Waals surface area contributed by atoms with E-state index < -0.39 is 5.56 Å². The highest BCUT2D eigenvalue weighted by Gasteiger charge is 1.97. The van der Waals surface area contributed by atoms with Crippen LogP contribution in [-0.2, 0) is 0 Å². The summed E-state index contributed by atoms with van der Waals surface area (Å²) in [5, 5.41) is 9.90. The van der Waals surface area contributed by atoms with Crippen LogP contribution in [0.4, 0.5) is 0 Å². The average molecular weight is 281 g/mol. The molecule has 7 heteroatoms. The molecule has 21 heavy (non-hydrogen) atoms. The summed E-state index contributed by atoms with van der Waals surface area (Å²) in [6, 6.07) is 8.74. The molecule has 3 heterocycles. The number of H-pyrrole nitrogens is 2. The highest BCUT2D eigenvalue weighted by Crippen LogP contribution is 2.12. The van der Waals surface area contributed by atoms with Crippen molar-refractivity contribution in [3.8, 4) is 5.75 Å². The van der Waals surface area contributed by atoms with Gasteiger partial charge in [0, 0.05) is 10.9 Å². The van der Waals surface area contributed by atoms with E-state index in [1.54, 1.807) is 18.6 Å². The number of nitrogens with one attached hydrogen (secondary N) is 2. The lowest BCUT2D eigenvalue weighted by atomic mass is 10.2. The Hall–Kier alpha value is -3.22. The molecular formula is C14H11N5O2. The van der Waals surface area contributed by atoms with Crippen molar-refractivity contribution in [3.63, 3.8) is 0 Å². The Balaban J connectivity index is 0.000000131. The van der Waals surface area contributed by atoms with Crippen LogP contribution in [0, 0.1) is 0 Å². The van der Waals surface area contributed by atoms with E-state index in [9.17, 15) is 4.79 Å². The molecule has 0 amide bonds. The molecule has 0 aliphatic rings. The Morgan fingerprint density at radius 1 is 1.10 bits per heavy atom. The quantitative estimate of drug-likeness (QED) is 0.453. The van der Waals surface area contributed by atoms with Crippen LogP contribution >= 0.6 is 0 Å². The zero-order valence-corrected chi connectivity index (χ0v) is 10.8. The summed E-state index contributed by atoms with van der Waals surface area (Å²) < 4.78 is 0. The monoisotopic (exact) mass is 281 g/mol. The van der Waals surface area contributed by atoms with Crippen molar-refractivity contribution >= 4 is 22.1 Å². The van der Waals surface area contributed by atoms with Crippen molar-refractivity contribution in [3.05, 3.63) is 59.5 Å². The van der Waals surface area contributed by atoms with Gasteiger partial charge in [-0.1, -0.05) is 18.2 Å². The first-order chi connectivity index (χ1) is 10.2. The van der Waals surface area contributed by atoms with Crippen LogP contribution < -0.4 is 5.56 Å². The lowest BCUT2D eigenvalue weighted by Crippen LogP contribution is -2.03. The first-order valence-corrected chi connectivity index (χ1v) is 6.14. The maximum Gasteiger partial charge on any atom is 0.290 e. The number of aromatic hydroxyl groups is 1. The highest BCUT2D eigenvalue weighted by molar-refractivity contribution is 5.79. The van der Waals surface area contributed by atoms with Crippen molar-refractivity contribution in [1.82, 2.24) is 24.9 Å². The molecule has 0 unspecified atom stereocenters. The number of hydrogen-bond acceptors (Lipinski definition) is 5. The molecule has 7 nitrogen and oxygen atoms in total. The fraction of sp³-hybridized carbons (Fsp3) is 0. The summed E-state index contributed by atoms with van der Waals surface area (Å²) in [6.45, 7) is 0. The van der Waals surface area contributed by atoms with Gasteiger partial charge in [-0.3, -0.25) is 4.79 Å². The predicted octanol–water partition coefficient (Wildman–Crippen LogP) is 1.59. The fourth-order valence-corrected chi connectivity index (χ4v) is 1.83. The molecule has 0 atom stereocenters. The van der Waals surface area contributed by atoms with Crippen LogP contribution in [0.1, 0.15) is 0 Å². The Morgan fingerprint density at radius 2 is 1.95 bits per heavy atom. The topological polar surface area (TPSA) is 108 Å². The first kappa shape index (κ1) is 12.8. The zero-order valence-electron chi connectivity index (χ0n) is 10.8. The molecule has 0 aliphatic heterocycles. The number of pyridine rings is 1.